The molecule has 2 aliphatic rings. The number of benzene rings is 3. The number of para-hydroxylation sites is 2. The number of rotatable bonds is 5. The summed E-state index contributed by atoms with van der Waals surface area (Å²) >= 11 is 0. The maximum Gasteiger partial charge on any atom is 0.209 e. The molecule has 0 saturated carbocycles. The molecular formula is C32H27F2N5. The number of aromatic nitrogens is 1. The zero-order valence-electron chi connectivity index (χ0n) is 21.4. The van der Waals surface area contributed by atoms with Gasteiger partial charge in [0.15, 0.2) is 0 Å². The van der Waals surface area contributed by atoms with E-state index in [2.05, 4.69) is 43.9 Å². The second-order valence-electron chi connectivity index (χ2n) is 9.83. The van der Waals surface area contributed by atoms with E-state index in [1.54, 1.807) is 0 Å². The van der Waals surface area contributed by atoms with Gasteiger partial charge in [0.05, 0.1) is 18.2 Å². The Morgan fingerprint density at radius 2 is 1.46 bits per heavy atom. The van der Waals surface area contributed by atoms with Gasteiger partial charge in [0, 0.05) is 49.3 Å². The minimum atomic E-state index is -0.562. The molecule has 1 unspecified atom stereocenters. The Hall–Kier alpha value is -4.57. The first-order valence-corrected chi connectivity index (χ1v) is 13.1. The molecule has 3 heterocycles. The van der Waals surface area contributed by atoms with Crippen LogP contribution in [0.4, 0.5) is 26.0 Å². The van der Waals surface area contributed by atoms with Crippen molar-refractivity contribution in [2.24, 2.45) is 4.99 Å². The highest BCUT2D eigenvalue weighted by Crippen LogP contribution is 2.34. The number of pyridine rings is 1. The van der Waals surface area contributed by atoms with E-state index in [-0.39, 0.29) is 11.6 Å². The van der Waals surface area contributed by atoms with Crippen LogP contribution in [-0.4, -0.2) is 36.9 Å². The van der Waals surface area contributed by atoms with Gasteiger partial charge in [0.2, 0.25) is 5.69 Å². The summed E-state index contributed by atoms with van der Waals surface area (Å²) in [4.78, 5) is 17.6. The number of nitrogens with zero attached hydrogens (tertiary/aromatic N) is 5. The lowest BCUT2D eigenvalue weighted by Crippen LogP contribution is -2.46. The Labute approximate surface area is 226 Å². The monoisotopic (exact) mass is 519 g/mol. The number of halogens is 2. The van der Waals surface area contributed by atoms with Crippen molar-refractivity contribution in [3.05, 3.63) is 119 Å². The molecule has 0 aliphatic carbocycles. The van der Waals surface area contributed by atoms with Crippen molar-refractivity contribution < 1.29 is 8.78 Å². The zero-order valence-corrected chi connectivity index (χ0v) is 21.4. The van der Waals surface area contributed by atoms with Crippen molar-refractivity contribution in [1.82, 2.24) is 4.98 Å². The van der Waals surface area contributed by atoms with Crippen LogP contribution in [0.2, 0.25) is 0 Å². The van der Waals surface area contributed by atoms with Crippen molar-refractivity contribution in [3.63, 3.8) is 0 Å². The van der Waals surface area contributed by atoms with Crippen molar-refractivity contribution in [3.8, 4) is 11.1 Å². The molecule has 6 rings (SSSR count). The Morgan fingerprint density at radius 3 is 2.15 bits per heavy atom. The van der Waals surface area contributed by atoms with Gasteiger partial charge in [-0.3, -0.25) is 4.99 Å². The van der Waals surface area contributed by atoms with Crippen molar-refractivity contribution in [1.29, 1.82) is 0 Å². The van der Waals surface area contributed by atoms with Crippen molar-refractivity contribution in [2.45, 2.75) is 18.9 Å². The number of hydrogen-bond donors (Lipinski definition) is 0. The van der Waals surface area contributed by atoms with E-state index in [0.717, 1.165) is 60.8 Å². The normalized spacial score (nSPS) is 17.2. The summed E-state index contributed by atoms with van der Waals surface area (Å²) in [5, 5.41) is 0. The van der Waals surface area contributed by atoms with Gasteiger partial charge in [-0.15, -0.1) is 0 Å². The van der Waals surface area contributed by atoms with Gasteiger partial charge in [-0.2, -0.15) is 0 Å². The number of aliphatic imine (C=N–C) groups is 1. The Morgan fingerprint density at radius 1 is 0.769 bits per heavy atom. The Bertz CT molecular complexity index is 1530. The molecular weight excluding hydrogens is 492 g/mol. The SMILES string of the molecule is [C-]#[N+]c1ccccc1N1CCN(c2ccc(-c3ccc(C4CCC(c5c(F)cccc5F)=N4)cc3)cn2)CC1. The molecule has 1 aromatic heterocycles. The molecule has 1 fully saturated rings. The van der Waals surface area contributed by atoms with E-state index in [1.165, 1.54) is 18.2 Å². The van der Waals surface area contributed by atoms with Crippen LogP contribution < -0.4 is 9.80 Å². The van der Waals surface area contributed by atoms with Crippen LogP contribution in [0.25, 0.3) is 16.0 Å². The number of anilines is 2. The molecule has 0 spiro atoms. The highest BCUT2D eigenvalue weighted by atomic mass is 19.1. The molecule has 7 heteroatoms. The van der Waals surface area contributed by atoms with Gasteiger partial charge in [-0.25, -0.2) is 18.6 Å². The first-order valence-electron chi connectivity index (χ1n) is 13.1. The summed E-state index contributed by atoms with van der Waals surface area (Å²) in [5.74, 6) is -0.178. The predicted molar refractivity (Wildman–Crippen MR) is 152 cm³/mol. The topological polar surface area (TPSA) is 36.1 Å². The maximum absolute atomic E-state index is 14.2. The van der Waals surface area contributed by atoms with Gasteiger partial charge < -0.3 is 9.80 Å². The summed E-state index contributed by atoms with van der Waals surface area (Å²) in [6, 6.07) is 23.9. The van der Waals surface area contributed by atoms with Crippen molar-refractivity contribution >= 4 is 22.9 Å². The van der Waals surface area contributed by atoms with Crippen LogP contribution in [0.3, 0.4) is 0 Å². The molecule has 39 heavy (non-hydrogen) atoms. The van der Waals surface area contributed by atoms with Crippen LogP contribution >= 0.6 is 0 Å². The molecule has 1 saturated heterocycles. The van der Waals surface area contributed by atoms with Gasteiger partial charge in [0.1, 0.15) is 17.5 Å². The molecule has 0 amide bonds. The molecule has 3 aromatic carbocycles. The fraction of sp³-hybridized carbons (Fsp3) is 0.219. The van der Waals surface area contributed by atoms with E-state index in [1.807, 2.05) is 42.6 Å². The fourth-order valence-electron chi connectivity index (χ4n) is 5.44. The lowest BCUT2D eigenvalue weighted by atomic mass is 10.00. The fourth-order valence-corrected chi connectivity index (χ4v) is 5.44. The Kier molecular flexibility index (Phi) is 6.76. The lowest BCUT2D eigenvalue weighted by molar-refractivity contribution is 0.578. The standard InChI is InChI=1S/C32H27F2N5/c1-35-28-7-2-3-8-30(28)38-17-19-39(20-18-38)31-16-13-24(21-36-31)22-9-11-23(12-10-22)27-14-15-29(37-27)32-25(33)5-4-6-26(32)34/h2-13,16,21,27H,14-15,17-20H2. The van der Waals surface area contributed by atoms with E-state index in [4.69, 9.17) is 11.6 Å². The highest BCUT2D eigenvalue weighted by Gasteiger charge is 2.24. The summed E-state index contributed by atoms with van der Waals surface area (Å²) in [7, 11) is 0. The third-order valence-corrected chi connectivity index (χ3v) is 7.54. The quantitative estimate of drug-likeness (QED) is 0.261. The second-order valence-corrected chi connectivity index (χ2v) is 9.83. The molecule has 5 nitrogen and oxygen atoms in total. The third-order valence-electron chi connectivity index (χ3n) is 7.54. The minimum absolute atomic E-state index is 0.00242. The Balaban J connectivity index is 1.10. The van der Waals surface area contributed by atoms with Crippen molar-refractivity contribution in [2.75, 3.05) is 36.0 Å². The van der Waals surface area contributed by atoms with Crippen LogP contribution in [0, 0.1) is 18.2 Å². The van der Waals surface area contributed by atoms with Gasteiger partial charge >= 0.3 is 0 Å². The van der Waals surface area contributed by atoms with Gasteiger partial charge in [0.25, 0.3) is 0 Å². The smallest absolute Gasteiger partial charge is 0.209 e. The van der Waals surface area contributed by atoms with Crippen LogP contribution in [0.1, 0.15) is 30.0 Å². The molecule has 194 valence electrons. The lowest BCUT2D eigenvalue weighted by Gasteiger charge is -2.37. The maximum atomic E-state index is 14.2. The second kappa shape index (κ2) is 10.7. The zero-order chi connectivity index (χ0) is 26.8. The van der Waals surface area contributed by atoms with E-state index >= 15 is 0 Å². The van der Waals surface area contributed by atoms with Crippen LogP contribution in [0.5, 0.6) is 0 Å². The summed E-state index contributed by atoms with van der Waals surface area (Å²) < 4.78 is 28.4. The average Bonchev–Trinajstić information content (AvgIpc) is 3.47. The molecule has 0 radical (unpaired) electrons. The number of piperazine rings is 1. The molecule has 0 N–H and O–H groups in total. The summed E-state index contributed by atoms with van der Waals surface area (Å²) in [6.45, 7) is 10.8. The largest absolute Gasteiger partial charge is 0.377 e. The highest BCUT2D eigenvalue weighted by molar-refractivity contribution is 6.02. The molecule has 2 aliphatic heterocycles. The first-order chi connectivity index (χ1) is 19.1. The summed E-state index contributed by atoms with van der Waals surface area (Å²) in [6.07, 6.45) is 3.18. The molecule has 0 bridgehead atoms. The van der Waals surface area contributed by atoms with E-state index in [9.17, 15) is 8.78 Å². The van der Waals surface area contributed by atoms with Crippen LogP contribution in [-0.2, 0) is 0 Å². The van der Waals surface area contributed by atoms with Gasteiger partial charge in [-0.05, 0) is 54.3 Å². The summed E-state index contributed by atoms with van der Waals surface area (Å²) in [5.41, 5.74) is 5.30. The van der Waals surface area contributed by atoms with Gasteiger partial charge in [-0.1, -0.05) is 48.5 Å². The predicted octanol–water partition coefficient (Wildman–Crippen LogP) is 7.23. The molecule has 4 aromatic rings. The molecule has 1 atom stereocenters. The number of hydrogen-bond acceptors (Lipinski definition) is 4. The van der Waals surface area contributed by atoms with E-state index in [0.29, 0.717) is 17.8 Å². The average molecular weight is 520 g/mol. The third kappa shape index (κ3) is 4.98. The van der Waals surface area contributed by atoms with Crippen LogP contribution in [0.15, 0.2) is 90.1 Å². The van der Waals surface area contributed by atoms with E-state index < -0.39 is 11.6 Å². The minimum Gasteiger partial charge on any atom is -0.377 e. The first kappa shape index (κ1) is 24.7.